The molecule has 3 heterocycles. The molecule has 0 bridgehead atoms. The highest BCUT2D eigenvalue weighted by Crippen LogP contribution is 2.34. The Morgan fingerprint density at radius 1 is 1.14 bits per heavy atom. The van der Waals surface area contributed by atoms with Gasteiger partial charge in [0.05, 0.1) is 12.8 Å². The highest BCUT2D eigenvalue weighted by atomic mass is 35.5. The molecule has 4 aromatic rings. The van der Waals surface area contributed by atoms with Gasteiger partial charge in [-0.1, -0.05) is 30.2 Å². The van der Waals surface area contributed by atoms with Gasteiger partial charge in [-0.15, -0.1) is 5.10 Å². The molecule has 12 heteroatoms. The van der Waals surface area contributed by atoms with Crippen molar-refractivity contribution in [1.82, 2.24) is 24.3 Å². The molecule has 5 rings (SSSR count). The Kier molecular flexibility index (Phi) is 6.96. The van der Waals surface area contributed by atoms with E-state index in [-0.39, 0.29) is 11.7 Å². The second kappa shape index (κ2) is 10.3. The molecule has 0 saturated heterocycles. The molecule has 194 valence electrons. The molecule has 1 N–H and O–H groups in total. The fourth-order valence-corrected chi connectivity index (χ4v) is 4.52. The predicted molar refractivity (Wildman–Crippen MR) is 132 cm³/mol. The van der Waals surface area contributed by atoms with Gasteiger partial charge in [0.15, 0.2) is 6.61 Å². The number of aryl methyl sites for hydroxylation is 1. The molecular formula is C25H24ClF3N6O2. The number of anilines is 2. The summed E-state index contributed by atoms with van der Waals surface area (Å²) in [5.74, 6) is 2.01. The van der Waals surface area contributed by atoms with Crippen molar-refractivity contribution in [3.8, 4) is 17.2 Å². The molecule has 0 aliphatic carbocycles. The summed E-state index contributed by atoms with van der Waals surface area (Å²) in [6.45, 7) is -0.585. The maximum atomic E-state index is 12.5. The number of imidazole rings is 1. The van der Waals surface area contributed by atoms with E-state index in [0.29, 0.717) is 16.9 Å². The average molecular weight is 533 g/mol. The maximum Gasteiger partial charge on any atom is 0.422 e. The second-order valence-corrected chi connectivity index (χ2v) is 9.04. The molecule has 0 radical (unpaired) electrons. The maximum absolute atomic E-state index is 12.5. The van der Waals surface area contributed by atoms with E-state index >= 15 is 0 Å². The lowest BCUT2D eigenvalue weighted by Gasteiger charge is -2.15. The van der Waals surface area contributed by atoms with E-state index in [1.54, 1.807) is 48.5 Å². The molecule has 2 aromatic carbocycles. The second-order valence-electron chi connectivity index (χ2n) is 8.65. The highest BCUT2D eigenvalue weighted by Gasteiger charge is 2.29. The van der Waals surface area contributed by atoms with Crippen LogP contribution in [0.3, 0.4) is 0 Å². The standard InChI is InChI=1S/C25H24ClF3N6O2/c1-36-21-12-17(7-10-20(21)34-13-22(26)30-15-34)31-24-32-23-19(4-2-3-11-35(23)33-24)16-5-8-18(9-6-16)37-14-25(27,28)29/h5-10,12-13,15,19H,2-4,11,14H2,1H3,(H,31,33). The van der Waals surface area contributed by atoms with Gasteiger partial charge in [0.25, 0.3) is 0 Å². The van der Waals surface area contributed by atoms with E-state index < -0.39 is 12.8 Å². The van der Waals surface area contributed by atoms with Crippen molar-refractivity contribution in [2.24, 2.45) is 0 Å². The van der Waals surface area contributed by atoms with Crippen molar-refractivity contribution in [2.75, 3.05) is 19.0 Å². The van der Waals surface area contributed by atoms with Gasteiger partial charge in [0, 0.05) is 30.4 Å². The number of alkyl halides is 3. The number of methoxy groups -OCH3 is 1. The molecule has 1 atom stereocenters. The number of benzene rings is 2. The summed E-state index contributed by atoms with van der Waals surface area (Å²) in [6, 6.07) is 12.3. The number of aromatic nitrogens is 5. The molecule has 37 heavy (non-hydrogen) atoms. The van der Waals surface area contributed by atoms with E-state index in [4.69, 9.17) is 26.1 Å². The van der Waals surface area contributed by atoms with Crippen LogP contribution in [0.4, 0.5) is 24.8 Å². The van der Waals surface area contributed by atoms with Gasteiger partial charge in [0.2, 0.25) is 5.95 Å². The van der Waals surface area contributed by atoms with Crippen LogP contribution in [0.1, 0.15) is 36.6 Å². The van der Waals surface area contributed by atoms with Gasteiger partial charge in [-0.25, -0.2) is 9.67 Å². The Balaban J connectivity index is 1.36. The largest absolute Gasteiger partial charge is 0.494 e. The fourth-order valence-electron chi connectivity index (χ4n) is 4.37. The minimum absolute atomic E-state index is 0.0369. The van der Waals surface area contributed by atoms with Gasteiger partial charge in [-0.2, -0.15) is 18.2 Å². The minimum atomic E-state index is -4.38. The van der Waals surface area contributed by atoms with Crippen LogP contribution in [0.25, 0.3) is 5.69 Å². The first-order valence-electron chi connectivity index (χ1n) is 11.7. The van der Waals surface area contributed by atoms with Gasteiger partial charge in [-0.3, -0.25) is 0 Å². The smallest absolute Gasteiger partial charge is 0.422 e. The van der Waals surface area contributed by atoms with E-state index in [2.05, 4.69) is 15.4 Å². The fraction of sp³-hybridized carbons (Fsp3) is 0.320. The zero-order chi connectivity index (χ0) is 26.0. The highest BCUT2D eigenvalue weighted by molar-refractivity contribution is 6.29. The van der Waals surface area contributed by atoms with Crippen molar-refractivity contribution < 1.29 is 22.6 Å². The van der Waals surface area contributed by atoms with E-state index in [1.807, 2.05) is 22.9 Å². The Labute approximate surface area is 216 Å². The third-order valence-electron chi connectivity index (χ3n) is 6.07. The zero-order valence-corrected chi connectivity index (χ0v) is 20.6. The van der Waals surface area contributed by atoms with E-state index in [9.17, 15) is 13.2 Å². The molecule has 8 nitrogen and oxygen atoms in total. The number of nitrogens with zero attached hydrogens (tertiary/aromatic N) is 5. The third-order valence-corrected chi connectivity index (χ3v) is 6.27. The van der Waals surface area contributed by atoms with Crippen molar-refractivity contribution in [1.29, 1.82) is 0 Å². The zero-order valence-electron chi connectivity index (χ0n) is 19.9. The number of hydrogen-bond acceptors (Lipinski definition) is 6. The number of nitrogens with one attached hydrogen (secondary N) is 1. The monoisotopic (exact) mass is 532 g/mol. The Morgan fingerprint density at radius 3 is 2.65 bits per heavy atom. The van der Waals surface area contributed by atoms with Crippen molar-refractivity contribution >= 4 is 23.2 Å². The molecule has 0 fully saturated rings. The average Bonchev–Trinajstić information content (AvgIpc) is 3.43. The van der Waals surface area contributed by atoms with Crippen LogP contribution in [0, 0.1) is 0 Å². The quantitative estimate of drug-likeness (QED) is 0.309. The summed E-state index contributed by atoms with van der Waals surface area (Å²) in [7, 11) is 1.59. The molecule has 1 unspecified atom stereocenters. The van der Waals surface area contributed by atoms with Crippen LogP contribution >= 0.6 is 11.6 Å². The minimum Gasteiger partial charge on any atom is -0.494 e. The lowest BCUT2D eigenvalue weighted by molar-refractivity contribution is -0.153. The van der Waals surface area contributed by atoms with E-state index in [0.717, 1.165) is 48.6 Å². The Hall–Kier alpha value is -3.73. The Bertz CT molecular complexity index is 1370. The van der Waals surface area contributed by atoms with Crippen molar-refractivity contribution in [2.45, 2.75) is 37.9 Å². The Morgan fingerprint density at radius 2 is 1.95 bits per heavy atom. The molecule has 0 amide bonds. The van der Waals surface area contributed by atoms with Gasteiger partial charge in [0.1, 0.15) is 28.8 Å². The number of hydrogen-bond donors (Lipinski definition) is 1. The lowest BCUT2D eigenvalue weighted by Crippen LogP contribution is -2.19. The molecule has 2 aromatic heterocycles. The first-order chi connectivity index (χ1) is 17.8. The topological polar surface area (TPSA) is 79.0 Å². The first-order valence-corrected chi connectivity index (χ1v) is 12.1. The molecular weight excluding hydrogens is 509 g/mol. The van der Waals surface area contributed by atoms with Crippen LogP contribution in [0.2, 0.25) is 5.15 Å². The summed E-state index contributed by atoms with van der Waals surface area (Å²) in [6.07, 6.45) is 1.72. The normalized spacial score (nSPS) is 15.6. The molecule has 1 aliphatic heterocycles. The molecule has 0 spiro atoms. The number of rotatable bonds is 7. The third kappa shape index (κ3) is 5.82. The number of halogens is 4. The summed E-state index contributed by atoms with van der Waals surface area (Å²) in [4.78, 5) is 8.82. The van der Waals surface area contributed by atoms with Gasteiger partial charge < -0.3 is 19.4 Å². The molecule has 0 saturated carbocycles. The van der Waals surface area contributed by atoms with Crippen LogP contribution in [0.5, 0.6) is 11.5 Å². The summed E-state index contributed by atoms with van der Waals surface area (Å²) < 4.78 is 51.4. The SMILES string of the molecule is COc1cc(Nc2nc3n(n2)CCCCC3c2ccc(OCC(F)(F)F)cc2)ccc1-n1cnc(Cl)c1. The number of fused-ring (bicyclic) bond motifs is 1. The summed E-state index contributed by atoms with van der Waals surface area (Å²) in [5.41, 5.74) is 2.48. The van der Waals surface area contributed by atoms with Crippen LogP contribution < -0.4 is 14.8 Å². The van der Waals surface area contributed by atoms with Gasteiger partial charge in [-0.05, 0) is 42.7 Å². The lowest BCUT2D eigenvalue weighted by atomic mass is 9.93. The van der Waals surface area contributed by atoms with Crippen LogP contribution in [0.15, 0.2) is 55.0 Å². The predicted octanol–water partition coefficient (Wildman–Crippen LogP) is 6.13. The number of ether oxygens (including phenoxy) is 2. The molecule has 1 aliphatic rings. The van der Waals surface area contributed by atoms with Gasteiger partial charge >= 0.3 is 6.18 Å². The summed E-state index contributed by atoms with van der Waals surface area (Å²) >= 11 is 5.95. The van der Waals surface area contributed by atoms with E-state index in [1.165, 1.54) is 0 Å². The van der Waals surface area contributed by atoms with Crippen molar-refractivity contribution in [3.05, 3.63) is 71.5 Å². The van der Waals surface area contributed by atoms with Crippen molar-refractivity contribution in [3.63, 3.8) is 0 Å². The van der Waals surface area contributed by atoms with Crippen LogP contribution in [-0.4, -0.2) is 44.2 Å². The first kappa shape index (κ1) is 24.9. The van der Waals surface area contributed by atoms with Crippen LogP contribution in [-0.2, 0) is 6.54 Å². The summed E-state index contributed by atoms with van der Waals surface area (Å²) in [5, 5.41) is 8.30.